The molecule has 0 aromatic rings. The summed E-state index contributed by atoms with van der Waals surface area (Å²) in [5.41, 5.74) is 6.26. The molecule has 16 heavy (non-hydrogen) atoms. The summed E-state index contributed by atoms with van der Waals surface area (Å²) in [6, 6.07) is 0.733. The Morgan fingerprint density at radius 3 is 2.44 bits per heavy atom. The molecular weight excluding hydrogens is 216 g/mol. The fourth-order valence-corrected chi connectivity index (χ4v) is 4.49. The van der Waals surface area contributed by atoms with Crippen molar-refractivity contribution in [2.24, 2.45) is 5.73 Å². The lowest BCUT2D eigenvalue weighted by Gasteiger charge is -2.33. The first-order chi connectivity index (χ1) is 7.74. The molecule has 3 heteroatoms. The van der Waals surface area contributed by atoms with Crippen LogP contribution in [0, 0.1) is 0 Å². The fraction of sp³-hybridized carbons (Fsp3) is 1.00. The van der Waals surface area contributed by atoms with E-state index in [-0.39, 0.29) is 5.54 Å². The minimum absolute atomic E-state index is 0.249. The number of hydrogen-bond donors (Lipinski definition) is 2. The van der Waals surface area contributed by atoms with Gasteiger partial charge in [-0.05, 0) is 19.3 Å². The second-order valence-electron chi connectivity index (χ2n) is 5.64. The van der Waals surface area contributed by atoms with E-state index in [1.54, 1.807) is 0 Å². The largest absolute Gasteiger partial charge is 0.329 e. The molecule has 0 spiro atoms. The van der Waals surface area contributed by atoms with E-state index in [2.05, 4.69) is 24.0 Å². The number of thioether (sulfide) groups is 1. The van der Waals surface area contributed by atoms with Crippen molar-refractivity contribution < 1.29 is 0 Å². The molecule has 2 rings (SSSR count). The van der Waals surface area contributed by atoms with Gasteiger partial charge in [0.25, 0.3) is 0 Å². The Balaban J connectivity index is 1.90. The van der Waals surface area contributed by atoms with Crippen LogP contribution in [-0.4, -0.2) is 29.1 Å². The minimum atomic E-state index is 0.249. The Kier molecular flexibility index (Phi) is 4.57. The van der Waals surface area contributed by atoms with Gasteiger partial charge in [0, 0.05) is 29.1 Å². The summed E-state index contributed by atoms with van der Waals surface area (Å²) in [6.07, 6.45) is 9.65. The van der Waals surface area contributed by atoms with Gasteiger partial charge in [0.15, 0.2) is 0 Å². The molecule has 1 aliphatic heterocycles. The molecule has 2 fully saturated rings. The lowest BCUT2D eigenvalue weighted by atomic mass is 9.93. The topological polar surface area (TPSA) is 38.0 Å². The average molecular weight is 242 g/mol. The molecule has 0 aromatic heterocycles. The molecule has 2 aliphatic rings. The number of nitrogens with two attached hydrogens (primary N) is 1. The zero-order chi connectivity index (χ0) is 11.4. The normalized spacial score (nSPS) is 37.5. The van der Waals surface area contributed by atoms with Crippen LogP contribution >= 0.6 is 11.8 Å². The molecule has 1 saturated heterocycles. The van der Waals surface area contributed by atoms with Crippen LogP contribution in [-0.2, 0) is 0 Å². The number of nitrogens with one attached hydrogen (secondary N) is 1. The quantitative estimate of drug-likeness (QED) is 0.747. The SMILES string of the molecule is CC1CC(CN)(NC2CCCCCC2)CS1. The Labute approximate surface area is 104 Å². The van der Waals surface area contributed by atoms with Crippen molar-refractivity contribution in [2.75, 3.05) is 12.3 Å². The van der Waals surface area contributed by atoms with Crippen LogP contribution in [0.15, 0.2) is 0 Å². The van der Waals surface area contributed by atoms with E-state index in [4.69, 9.17) is 5.73 Å². The molecule has 0 amide bonds. The molecule has 0 radical (unpaired) electrons. The summed E-state index contributed by atoms with van der Waals surface area (Å²) in [5.74, 6) is 1.21. The maximum atomic E-state index is 6.01. The van der Waals surface area contributed by atoms with Crippen molar-refractivity contribution in [1.29, 1.82) is 0 Å². The van der Waals surface area contributed by atoms with Gasteiger partial charge in [-0.3, -0.25) is 0 Å². The highest BCUT2D eigenvalue weighted by Crippen LogP contribution is 2.35. The Morgan fingerprint density at radius 2 is 1.94 bits per heavy atom. The van der Waals surface area contributed by atoms with E-state index in [0.717, 1.165) is 17.8 Å². The molecule has 0 aromatic carbocycles. The van der Waals surface area contributed by atoms with Crippen LogP contribution in [0.1, 0.15) is 51.9 Å². The first-order valence-electron chi connectivity index (χ1n) is 6.83. The minimum Gasteiger partial charge on any atom is -0.329 e. The molecule has 1 saturated carbocycles. The van der Waals surface area contributed by atoms with E-state index in [9.17, 15) is 0 Å². The predicted molar refractivity (Wildman–Crippen MR) is 72.9 cm³/mol. The van der Waals surface area contributed by atoms with Crippen molar-refractivity contribution in [3.8, 4) is 0 Å². The van der Waals surface area contributed by atoms with E-state index >= 15 is 0 Å². The van der Waals surface area contributed by atoms with Crippen molar-refractivity contribution in [1.82, 2.24) is 5.32 Å². The fourth-order valence-electron chi connectivity index (χ4n) is 3.13. The van der Waals surface area contributed by atoms with Gasteiger partial charge in [0.2, 0.25) is 0 Å². The summed E-state index contributed by atoms with van der Waals surface area (Å²) in [5, 5.41) is 4.69. The first kappa shape index (κ1) is 12.7. The smallest absolute Gasteiger partial charge is 0.0407 e. The van der Waals surface area contributed by atoms with Gasteiger partial charge in [-0.25, -0.2) is 0 Å². The second kappa shape index (κ2) is 5.74. The van der Waals surface area contributed by atoms with E-state index in [0.29, 0.717) is 0 Å². The van der Waals surface area contributed by atoms with Crippen LogP contribution in [0.3, 0.4) is 0 Å². The summed E-state index contributed by atoms with van der Waals surface area (Å²) < 4.78 is 0. The summed E-state index contributed by atoms with van der Waals surface area (Å²) >= 11 is 2.08. The van der Waals surface area contributed by atoms with Gasteiger partial charge in [-0.2, -0.15) is 11.8 Å². The first-order valence-corrected chi connectivity index (χ1v) is 7.88. The molecule has 2 unspecified atom stereocenters. The highest BCUT2D eigenvalue weighted by atomic mass is 32.2. The zero-order valence-electron chi connectivity index (χ0n) is 10.5. The van der Waals surface area contributed by atoms with E-state index in [1.807, 2.05) is 0 Å². The number of rotatable bonds is 3. The van der Waals surface area contributed by atoms with E-state index in [1.165, 1.54) is 50.7 Å². The summed E-state index contributed by atoms with van der Waals surface area (Å²) in [6.45, 7) is 3.14. The zero-order valence-corrected chi connectivity index (χ0v) is 11.3. The van der Waals surface area contributed by atoms with Gasteiger partial charge < -0.3 is 11.1 Å². The van der Waals surface area contributed by atoms with Gasteiger partial charge in [0.05, 0.1) is 0 Å². The van der Waals surface area contributed by atoms with Crippen LogP contribution in [0.2, 0.25) is 0 Å². The Hall–Kier alpha value is 0.270. The van der Waals surface area contributed by atoms with Crippen molar-refractivity contribution in [3.63, 3.8) is 0 Å². The maximum Gasteiger partial charge on any atom is 0.0407 e. The highest BCUT2D eigenvalue weighted by molar-refractivity contribution is 8.00. The summed E-state index contributed by atoms with van der Waals surface area (Å²) in [4.78, 5) is 0. The molecular formula is C13H26N2S. The van der Waals surface area contributed by atoms with Gasteiger partial charge in [-0.15, -0.1) is 0 Å². The standard InChI is InChI=1S/C13H26N2S/c1-11-8-13(9-14,10-16-11)15-12-6-4-2-3-5-7-12/h11-12,15H,2-10,14H2,1H3. The van der Waals surface area contributed by atoms with Crippen molar-refractivity contribution in [2.45, 2.75) is 68.7 Å². The lowest BCUT2D eigenvalue weighted by molar-refractivity contribution is 0.296. The lowest BCUT2D eigenvalue weighted by Crippen LogP contribution is -2.55. The molecule has 0 bridgehead atoms. The molecule has 1 heterocycles. The van der Waals surface area contributed by atoms with Crippen LogP contribution in [0.4, 0.5) is 0 Å². The van der Waals surface area contributed by atoms with Gasteiger partial charge >= 0.3 is 0 Å². The average Bonchev–Trinajstić information content (AvgIpc) is 2.51. The third-order valence-corrected chi connectivity index (χ3v) is 5.53. The monoisotopic (exact) mass is 242 g/mol. The highest BCUT2D eigenvalue weighted by Gasteiger charge is 2.38. The maximum absolute atomic E-state index is 6.01. The second-order valence-corrected chi connectivity index (χ2v) is 7.07. The van der Waals surface area contributed by atoms with Crippen molar-refractivity contribution in [3.05, 3.63) is 0 Å². The van der Waals surface area contributed by atoms with Gasteiger partial charge in [0.1, 0.15) is 0 Å². The van der Waals surface area contributed by atoms with Crippen LogP contribution < -0.4 is 11.1 Å². The summed E-state index contributed by atoms with van der Waals surface area (Å²) in [7, 11) is 0. The van der Waals surface area contributed by atoms with Crippen molar-refractivity contribution >= 4 is 11.8 Å². The molecule has 1 aliphatic carbocycles. The van der Waals surface area contributed by atoms with Crippen LogP contribution in [0.5, 0.6) is 0 Å². The molecule has 94 valence electrons. The van der Waals surface area contributed by atoms with Gasteiger partial charge in [-0.1, -0.05) is 32.6 Å². The predicted octanol–water partition coefficient (Wildman–Crippen LogP) is 2.52. The third-order valence-electron chi connectivity index (χ3n) is 4.08. The van der Waals surface area contributed by atoms with E-state index < -0.39 is 0 Å². The number of hydrogen-bond acceptors (Lipinski definition) is 3. The molecule has 2 nitrogen and oxygen atoms in total. The third kappa shape index (κ3) is 3.14. The Morgan fingerprint density at radius 1 is 1.25 bits per heavy atom. The molecule has 3 N–H and O–H groups in total. The Bertz CT molecular complexity index is 214. The molecule has 2 atom stereocenters. The van der Waals surface area contributed by atoms with Crippen LogP contribution in [0.25, 0.3) is 0 Å².